The van der Waals surface area contributed by atoms with Gasteiger partial charge in [0.25, 0.3) is 5.91 Å². The number of amides is 1. The fourth-order valence-electron chi connectivity index (χ4n) is 2.71. The Morgan fingerprint density at radius 1 is 1.21 bits per heavy atom. The molecule has 0 saturated carbocycles. The zero-order chi connectivity index (χ0) is 21.0. The second kappa shape index (κ2) is 8.96. The third kappa shape index (κ3) is 5.06. The van der Waals surface area contributed by atoms with E-state index in [1.54, 1.807) is 39.3 Å². The Hall–Kier alpha value is -3.06. The van der Waals surface area contributed by atoms with Crippen molar-refractivity contribution in [2.75, 3.05) is 14.2 Å². The summed E-state index contributed by atoms with van der Waals surface area (Å²) in [6.07, 6.45) is -0.676. The quantitative estimate of drug-likeness (QED) is 0.577. The normalized spacial score (nSPS) is 11.8. The van der Waals surface area contributed by atoms with Gasteiger partial charge in [-0.1, -0.05) is 16.8 Å². The average molecular weight is 416 g/mol. The van der Waals surface area contributed by atoms with Crippen molar-refractivity contribution in [1.29, 1.82) is 0 Å². The molecule has 1 aromatic heterocycles. The summed E-state index contributed by atoms with van der Waals surface area (Å²) in [5.41, 5.74) is 1.68. The number of halogens is 1. The Morgan fingerprint density at radius 3 is 2.55 bits per heavy atom. The van der Waals surface area contributed by atoms with E-state index in [1.807, 2.05) is 31.2 Å². The Labute approximate surface area is 174 Å². The van der Waals surface area contributed by atoms with Gasteiger partial charge in [-0.2, -0.15) is 4.98 Å². The first kappa shape index (κ1) is 20.7. The summed E-state index contributed by atoms with van der Waals surface area (Å²) in [7, 11) is 3.26. The Morgan fingerprint density at radius 2 is 1.90 bits per heavy atom. The Balaban J connectivity index is 1.61. The minimum Gasteiger partial charge on any atom is -0.497 e. The first-order valence-electron chi connectivity index (χ1n) is 9.02. The molecule has 1 amide bonds. The average Bonchev–Trinajstić information content (AvgIpc) is 3.18. The molecule has 0 saturated heterocycles. The number of carbonyl (C=O) groups excluding carboxylic acids is 1. The van der Waals surface area contributed by atoms with E-state index in [0.717, 1.165) is 16.9 Å². The van der Waals surface area contributed by atoms with Crippen molar-refractivity contribution >= 4 is 17.5 Å². The second-order valence-electron chi connectivity index (χ2n) is 6.61. The van der Waals surface area contributed by atoms with Gasteiger partial charge in [0.15, 0.2) is 6.10 Å². The van der Waals surface area contributed by atoms with Gasteiger partial charge in [0, 0.05) is 17.6 Å². The zero-order valence-corrected chi connectivity index (χ0v) is 17.4. The minimum atomic E-state index is -0.676. The molecule has 0 aliphatic carbocycles. The molecule has 3 aromatic rings. The monoisotopic (exact) mass is 415 g/mol. The van der Waals surface area contributed by atoms with Crippen LogP contribution >= 0.6 is 11.6 Å². The first-order chi connectivity index (χ1) is 13.9. The highest BCUT2D eigenvalue weighted by Gasteiger charge is 2.21. The van der Waals surface area contributed by atoms with E-state index in [9.17, 15) is 4.79 Å². The van der Waals surface area contributed by atoms with Gasteiger partial charge in [0.2, 0.25) is 11.7 Å². The van der Waals surface area contributed by atoms with Crippen molar-refractivity contribution in [1.82, 2.24) is 15.0 Å². The lowest BCUT2D eigenvalue weighted by Crippen LogP contribution is -2.37. The number of ether oxygens (including phenoxy) is 2. The van der Waals surface area contributed by atoms with E-state index in [-0.39, 0.29) is 12.5 Å². The number of likely N-dealkylation sites (N-methyl/N-ethyl adjacent to an activating group) is 1. The van der Waals surface area contributed by atoms with E-state index in [2.05, 4.69) is 10.1 Å². The van der Waals surface area contributed by atoms with Crippen LogP contribution in [0.2, 0.25) is 5.02 Å². The number of hydrogen-bond donors (Lipinski definition) is 0. The summed E-state index contributed by atoms with van der Waals surface area (Å²) >= 11 is 6.02. The van der Waals surface area contributed by atoms with Gasteiger partial charge in [-0.05, 0) is 61.9 Å². The highest BCUT2D eigenvalue weighted by atomic mass is 35.5. The maximum atomic E-state index is 12.6. The predicted molar refractivity (Wildman–Crippen MR) is 109 cm³/mol. The second-order valence-corrected chi connectivity index (χ2v) is 7.01. The van der Waals surface area contributed by atoms with Crippen LogP contribution in [-0.4, -0.2) is 41.2 Å². The lowest BCUT2D eigenvalue weighted by molar-refractivity contribution is -0.137. The third-order valence-corrected chi connectivity index (χ3v) is 4.78. The van der Waals surface area contributed by atoms with Gasteiger partial charge in [-0.3, -0.25) is 4.79 Å². The number of rotatable bonds is 7. The molecule has 0 fully saturated rings. The van der Waals surface area contributed by atoms with Crippen LogP contribution < -0.4 is 9.47 Å². The predicted octanol–water partition coefficient (Wildman–Crippen LogP) is 4.13. The summed E-state index contributed by atoms with van der Waals surface area (Å²) in [4.78, 5) is 18.5. The molecule has 7 nitrogen and oxygen atoms in total. The molecule has 2 aromatic carbocycles. The Kier molecular flexibility index (Phi) is 6.39. The molecule has 3 rings (SSSR count). The first-order valence-corrected chi connectivity index (χ1v) is 9.40. The molecule has 29 heavy (non-hydrogen) atoms. The van der Waals surface area contributed by atoms with Crippen LogP contribution in [0.1, 0.15) is 18.4 Å². The molecule has 0 aliphatic rings. The van der Waals surface area contributed by atoms with Crippen LogP contribution in [0, 0.1) is 6.92 Å². The van der Waals surface area contributed by atoms with Crippen molar-refractivity contribution in [2.45, 2.75) is 26.5 Å². The van der Waals surface area contributed by atoms with E-state index < -0.39 is 6.10 Å². The van der Waals surface area contributed by atoms with Gasteiger partial charge in [-0.15, -0.1) is 0 Å². The Bertz CT molecular complexity index is 988. The summed E-state index contributed by atoms with van der Waals surface area (Å²) in [6, 6.07) is 12.6. The number of aryl methyl sites for hydroxylation is 1. The lowest BCUT2D eigenvalue weighted by Gasteiger charge is -2.21. The van der Waals surface area contributed by atoms with Crippen LogP contribution in [0.5, 0.6) is 11.5 Å². The molecule has 0 N–H and O–H groups in total. The van der Waals surface area contributed by atoms with Crippen molar-refractivity contribution < 1.29 is 18.8 Å². The summed E-state index contributed by atoms with van der Waals surface area (Å²) < 4.78 is 16.2. The van der Waals surface area contributed by atoms with Gasteiger partial charge in [0.05, 0.1) is 13.7 Å². The van der Waals surface area contributed by atoms with E-state index >= 15 is 0 Å². The topological polar surface area (TPSA) is 77.7 Å². The smallest absolute Gasteiger partial charge is 0.263 e. The fourth-order valence-corrected chi connectivity index (χ4v) is 2.83. The number of aromatic nitrogens is 2. The van der Waals surface area contributed by atoms with Gasteiger partial charge < -0.3 is 18.9 Å². The fraction of sp³-hybridized carbons (Fsp3) is 0.286. The van der Waals surface area contributed by atoms with E-state index in [1.165, 1.54) is 4.90 Å². The van der Waals surface area contributed by atoms with Gasteiger partial charge >= 0.3 is 0 Å². The van der Waals surface area contributed by atoms with Crippen LogP contribution in [0.4, 0.5) is 0 Å². The maximum Gasteiger partial charge on any atom is 0.263 e. The maximum absolute atomic E-state index is 12.6. The molecule has 1 heterocycles. The molecule has 0 aliphatic heterocycles. The lowest BCUT2D eigenvalue weighted by atomic mass is 10.2. The van der Waals surface area contributed by atoms with Crippen LogP contribution in [-0.2, 0) is 11.3 Å². The number of carbonyl (C=O) groups is 1. The number of hydrogen-bond acceptors (Lipinski definition) is 6. The molecule has 152 valence electrons. The number of nitrogens with zero attached hydrogens (tertiary/aromatic N) is 3. The van der Waals surface area contributed by atoms with Crippen molar-refractivity contribution in [3.63, 3.8) is 0 Å². The molecule has 1 atom stereocenters. The molecular weight excluding hydrogens is 394 g/mol. The van der Waals surface area contributed by atoms with Crippen molar-refractivity contribution in [3.05, 3.63) is 58.9 Å². The standard InChI is InChI=1S/C21H22ClN3O4/c1-13-11-17(9-10-18(13)22)28-14(2)21(26)25(3)12-19-23-20(24-29-19)15-5-7-16(27-4)8-6-15/h5-11,14H,12H2,1-4H3/t14-/m1/s1. The molecular formula is C21H22ClN3O4. The largest absolute Gasteiger partial charge is 0.497 e. The molecule has 0 bridgehead atoms. The highest BCUT2D eigenvalue weighted by molar-refractivity contribution is 6.31. The highest BCUT2D eigenvalue weighted by Crippen LogP contribution is 2.23. The SMILES string of the molecule is COc1ccc(-c2noc(CN(C)C(=O)[C@@H](C)Oc3ccc(Cl)c(C)c3)n2)cc1. The van der Waals surface area contributed by atoms with Crippen molar-refractivity contribution in [3.8, 4) is 22.9 Å². The van der Waals surface area contributed by atoms with Crippen LogP contribution in [0.15, 0.2) is 47.0 Å². The van der Waals surface area contributed by atoms with E-state index in [4.69, 9.17) is 25.6 Å². The summed E-state index contributed by atoms with van der Waals surface area (Å²) in [5, 5.41) is 4.63. The third-order valence-electron chi connectivity index (χ3n) is 4.35. The summed E-state index contributed by atoms with van der Waals surface area (Å²) in [6.45, 7) is 3.75. The molecule has 0 radical (unpaired) electrons. The molecule has 0 spiro atoms. The minimum absolute atomic E-state index is 0.176. The summed E-state index contributed by atoms with van der Waals surface area (Å²) in [5.74, 6) is 1.90. The van der Waals surface area contributed by atoms with Crippen molar-refractivity contribution in [2.24, 2.45) is 0 Å². The van der Waals surface area contributed by atoms with Crippen LogP contribution in [0.25, 0.3) is 11.4 Å². The number of benzene rings is 2. The molecule has 8 heteroatoms. The van der Waals surface area contributed by atoms with E-state index in [0.29, 0.717) is 22.5 Å². The molecule has 0 unspecified atom stereocenters. The van der Waals surface area contributed by atoms with Gasteiger partial charge in [-0.25, -0.2) is 0 Å². The van der Waals surface area contributed by atoms with Gasteiger partial charge in [0.1, 0.15) is 11.5 Å². The number of methoxy groups -OCH3 is 1. The van der Waals surface area contributed by atoms with Crippen LogP contribution in [0.3, 0.4) is 0 Å². The zero-order valence-electron chi connectivity index (χ0n) is 16.7.